The molecule has 3 fully saturated rings. The third-order valence-corrected chi connectivity index (χ3v) is 20.0. The number of nitrogens with two attached hydrogens (primary N) is 2. The predicted octanol–water partition coefficient (Wildman–Crippen LogP) is 15.1. The Labute approximate surface area is 567 Å². The van der Waals surface area contributed by atoms with Crippen LogP contribution in [0.3, 0.4) is 0 Å². The Morgan fingerprint density at radius 2 is 0.865 bits per heavy atom. The summed E-state index contributed by atoms with van der Waals surface area (Å²) in [7, 11) is 0. The molecule has 12 atom stereocenters. The molecular weight excluding hydrogens is 1210 g/mol. The summed E-state index contributed by atoms with van der Waals surface area (Å²) < 4.78 is 25.8. The molecule has 0 saturated heterocycles. The first kappa shape index (κ1) is 71.6. The molecule has 0 spiro atoms. The summed E-state index contributed by atoms with van der Waals surface area (Å²) in [5.74, 6) is -3.24. The molecule has 3 aliphatic carbocycles. The predicted molar refractivity (Wildman–Crippen MR) is 379 cm³/mol. The van der Waals surface area contributed by atoms with E-state index in [9.17, 15) is 9.59 Å². The van der Waals surface area contributed by atoms with E-state index in [1.54, 1.807) is 32.9 Å². The monoisotopic (exact) mass is 1310 g/mol. The van der Waals surface area contributed by atoms with Gasteiger partial charge in [-0.15, -0.1) is 0 Å². The molecule has 3 aliphatic rings. The zero-order valence-corrected chi connectivity index (χ0v) is 58.2. The number of imide groups is 1. The van der Waals surface area contributed by atoms with Gasteiger partial charge in [0.1, 0.15) is 25.4 Å². The first-order valence-corrected chi connectivity index (χ1v) is 34.6. The highest BCUT2D eigenvalue weighted by molar-refractivity contribution is 6.08. The molecule has 512 valence electrons. The molecule has 3 saturated carbocycles. The minimum Gasteiger partial charge on any atom is -0.486 e. The molecule has 0 radical (unpaired) electrons. The molecule has 96 heavy (non-hydrogen) atoms. The van der Waals surface area contributed by atoms with Crippen LogP contribution in [0.2, 0.25) is 0 Å². The molecule has 0 heterocycles. The lowest BCUT2D eigenvalue weighted by Crippen LogP contribution is -2.54. The third-order valence-electron chi connectivity index (χ3n) is 20.0. The number of carbonyl (C=O) groups excluding carboxylic acids is 6. The molecule has 17 nitrogen and oxygen atoms in total. The van der Waals surface area contributed by atoms with E-state index >= 15 is 19.2 Å². The van der Waals surface area contributed by atoms with Crippen molar-refractivity contribution in [3.8, 4) is 17.2 Å². The molecule has 17 heteroatoms. The summed E-state index contributed by atoms with van der Waals surface area (Å²) in [4.78, 5) is 92.1. The molecule has 6 amide bonds. The molecule has 6 aromatic rings. The topological polar surface area (TPSA) is 243 Å². The summed E-state index contributed by atoms with van der Waals surface area (Å²) >= 11 is 0. The highest BCUT2D eigenvalue weighted by Crippen LogP contribution is 2.44. The maximum Gasteiger partial charge on any atom is 0.417 e. The Morgan fingerprint density at radius 1 is 0.469 bits per heavy atom. The molecule has 0 aromatic heterocycles. The number of nitrogens with zero attached hydrogens (tertiary/aromatic N) is 1. The number of amides is 6. The summed E-state index contributed by atoms with van der Waals surface area (Å²) in [6.45, 7) is 23.8. The lowest BCUT2D eigenvalue weighted by Gasteiger charge is -2.43. The average Bonchev–Trinajstić information content (AvgIpc) is 0.758. The Balaban J connectivity index is 1.02. The van der Waals surface area contributed by atoms with Crippen molar-refractivity contribution in [1.29, 1.82) is 0 Å². The minimum atomic E-state index is -1.03. The van der Waals surface area contributed by atoms with Gasteiger partial charge >= 0.3 is 6.09 Å². The highest BCUT2D eigenvalue weighted by Gasteiger charge is 2.46. The molecule has 8 N–H and O–H groups in total. The van der Waals surface area contributed by atoms with Gasteiger partial charge in [-0.1, -0.05) is 153 Å². The number of ether oxygens (including phenoxy) is 4. The van der Waals surface area contributed by atoms with Crippen LogP contribution >= 0.6 is 0 Å². The van der Waals surface area contributed by atoms with Crippen molar-refractivity contribution in [2.24, 2.45) is 59.0 Å². The average molecular weight is 1310 g/mol. The molecule has 9 rings (SSSR count). The summed E-state index contributed by atoms with van der Waals surface area (Å²) in [6.07, 6.45) is 3.59. The number of rotatable bonds is 22. The van der Waals surface area contributed by atoms with Crippen LogP contribution in [0.4, 0.5) is 27.5 Å². The molecule has 0 bridgehead atoms. The molecular formula is C79H101N7O10. The number of aryl methyl sites for hydroxylation is 3. The van der Waals surface area contributed by atoms with Crippen molar-refractivity contribution < 1.29 is 47.7 Å². The van der Waals surface area contributed by atoms with E-state index < -0.39 is 53.3 Å². The zero-order chi connectivity index (χ0) is 69.1. The summed E-state index contributed by atoms with van der Waals surface area (Å²) in [5.41, 5.74) is 19.0. The van der Waals surface area contributed by atoms with Crippen molar-refractivity contribution >= 4 is 58.4 Å². The molecule has 0 aliphatic heterocycles. The second-order valence-corrected chi connectivity index (χ2v) is 28.5. The molecule has 6 aromatic carbocycles. The van der Waals surface area contributed by atoms with Crippen LogP contribution in [0, 0.1) is 53.3 Å². The van der Waals surface area contributed by atoms with Gasteiger partial charge in [-0.2, -0.15) is 0 Å². The highest BCUT2D eigenvalue weighted by atomic mass is 16.6. The minimum absolute atomic E-state index is 0.0135. The van der Waals surface area contributed by atoms with Crippen molar-refractivity contribution in [1.82, 2.24) is 10.2 Å². The lowest BCUT2D eigenvalue weighted by molar-refractivity contribution is -0.124. The van der Waals surface area contributed by atoms with Gasteiger partial charge in [-0.25, -0.2) is 9.69 Å². The van der Waals surface area contributed by atoms with E-state index in [1.165, 1.54) is 0 Å². The normalized spacial score (nSPS) is 23.3. The number of nitrogen functional groups attached to an aromatic ring is 1. The van der Waals surface area contributed by atoms with Gasteiger partial charge in [0.05, 0.1) is 33.9 Å². The van der Waals surface area contributed by atoms with Gasteiger partial charge in [-0.3, -0.25) is 24.0 Å². The van der Waals surface area contributed by atoms with E-state index in [0.717, 1.165) is 44.7 Å². The van der Waals surface area contributed by atoms with Gasteiger partial charge in [0.25, 0.3) is 11.8 Å². The number of benzene rings is 6. The van der Waals surface area contributed by atoms with Crippen molar-refractivity contribution in [3.63, 3.8) is 0 Å². The van der Waals surface area contributed by atoms with Crippen LogP contribution in [-0.2, 0) is 58.2 Å². The van der Waals surface area contributed by atoms with Crippen LogP contribution in [0.25, 0.3) is 0 Å². The zero-order valence-electron chi connectivity index (χ0n) is 58.2. The number of hydrogen-bond acceptors (Lipinski definition) is 12. The van der Waals surface area contributed by atoms with Crippen LogP contribution in [-0.4, -0.2) is 64.3 Å². The smallest absolute Gasteiger partial charge is 0.417 e. The fraction of sp³-hybridized carbons (Fsp3) is 0.468. The van der Waals surface area contributed by atoms with Crippen LogP contribution in [0.1, 0.15) is 176 Å². The maximum atomic E-state index is 16.0. The van der Waals surface area contributed by atoms with E-state index in [4.69, 9.17) is 30.4 Å². The summed E-state index contributed by atoms with van der Waals surface area (Å²) in [5, 5.41) is 12.9. The van der Waals surface area contributed by atoms with Crippen molar-refractivity contribution in [2.45, 2.75) is 184 Å². The Hall–Kier alpha value is -8.70. The van der Waals surface area contributed by atoms with E-state index in [0.29, 0.717) is 67.8 Å². The Bertz CT molecular complexity index is 3710. The second-order valence-electron chi connectivity index (χ2n) is 28.5. The Kier molecular flexibility index (Phi) is 23.8. The van der Waals surface area contributed by atoms with Gasteiger partial charge in [0.2, 0.25) is 17.7 Å². The van der Waals surface area contributed by atoms with E-state index in [-0.39, 0.29) is 114 Å². The van der Waals surface area contributed by atoms with Crippen LogP contribution in [0.5, 0.6) is 17.2 Å². The standard InChI is InChI=1S/C79H101N7O10/c1-13-52-34-61(76(90)82-65-41-59(47(5)32-50(65)8)74(88)85-68-39-54(15-3)36-64(81)72(68)95-45-57-29-23-18-24-30-57)70(93-43-55-25-19-16-20-26-55)66(37-52)83-75(89)60-42-69(51(9)33-48(60)6)86(78(92)96-79(10,11)12)77(91)62-35-53(14-2)38-67(71(62)94-44-56-27-21-17-22-28-56)84-73(87)58-40-63(80)49(7)31-46(58)4/h16-30,34-39,46-51,58-60,63,65,69H,13-15,31-33,40-45,80-81H2,1-12H3,(H,82,90)(H,83,89)(H,84,87)(H,85,88)/t46-,47-,48+,49+,50+,51-,58-,59-,60+,63+,65+,69?/m1/s1. The van der Waals surface area contributed by atoms with E-state index in [2.05, 4.69) is 49.0 Å². The first-order chi connectivity index (χ1) is 45.8. The van der Waals surface area contributed by atoms with Gasteiger partial charge in [0, 0.05) is 35.9 Å². The number of hydrogen-bond donors (Lipinski definition) is 6. The SMILES string of the molecule is CCc1cc(N)c(OCc2ccccc2)c(NC(=O)[C@@H]2C[C@H](NC(=O)c3cc(CC)cc(NC(=O)[C@H]4CC(N(C(=O)OC(C)(C)C)C(=O)c5cc(CC)cc(NC(=O)[C@@H]6C[C@H](N)[C@@H](C)C[C@H]6C)c5OCc5ccccc5)[C@H](C)C[C@@H]4C)c3OCc3ccccc3)[C@@H](C)C[C@H]2C)c1. The second kappa shape index (κ2) is 31.9. The fourth-order valence-corrected chi connectivity index (χ4v) is 14.3. The number of carbonyl (C=O) groups is 6. The van der Waals surface area contributed by atoms with Crippen molar-refractivity contribution in [2.75, 3.05) is 21.7 Å². The largest absolute Gasteiger partial charge is 0.486 e. The maximum absolute atomic E-state index is 16.0. The number of nitrogens with one attached hydrogen (secondary N) is 4. The first-order valence-electron chi connectivity index (χ1n) is 34.6. The van der Waals surface area contributed by atoms with Crippen molar-refractivity contribution in [3.05, 3.63) is 172 Å². The quantitative estimate of drug-likeness (QED) is 0.0348. The van der Waals surface area contributed by atoms with E-state index in [1.807, 2.05) is 150 Å². The Morgan fingerprint density at radius 3 is 1.33 bits per heavy atom. The number of anilines is 4. The molecule has 1 unspecified atom stereocenters. The summed E-state index contributed by atoms with van der Waals surface area (Å²) in [6, 6.07) is 38.3. The van der Waals surface area contributed by atoms with Gasteiger partial charge in [-0.05, 0) is 184 Å². The van der Waals surface area contributed by atoms with Gasteiger partial charge in [0.15, 0.2) is 17.2 Å². The van der Waals surface area contributed by atoms with Crippen LogP contribution < -0.4 is 46.9 Å². The lowest BCUT2D eigenvalue weighted by atomic mass is 9.71. The fourth-order valence-electron chi connectivity index (χ4n) is 14.3. The van der Waals surface area contributed by atoms with Crippen LogP contribution in [0.15, 0.2) is 127 Å². The van der Waals surface area contributed by atoms with Gasteiger partial charge < -0.3 is 51.7 Å². The third kappa shape index (κ3) is 17.7.